The van der Waals surface area contributed by atoms with Crippen LogP contribution in [0.5, 0.6) is 0 Å². The minimum absolute atomic E-state index is 0. The van der Waals surface area contributed by atoms with Crippen LogP contribution in [0.25, 0.3) is 0 Å². The Bertz CT molecular complexity index is 80.1. The maximum absolute atomic E-state index is 5.25. The van der Waals surface area contributed by atoms with E-state index in [1.165, 1.54) is 19.3 Å². The minimum atomic E-state index is 0. The Hall–Kier alpha value is 0.500. The molecule has 4 heteroatoms. The van der Waals surface area contributed by atoms with Crippen LogP contribution in [0.2, 0.25) is 0 Å². The van der Waals surface area contributed by atoms with Gasteiger partial charge in [-0.2, -0.15) is 0 Å². The number of halogens is 2. The Balaban J connectivity index is 0. The Morgan fingerprint density at radius 2 is 1.90 bits per heavy atom. The Kier molecular flexibility index (Phi) is 8.17. The van der Waals surface area contributed by atoms with Crippen molar-refractivity contribution in [3.05, 3.63) is 0 Å². The van der Waals surface area contributed by atoms with Crippen LogP contribution in [0, 0.1) is 5.92 Å². The molecule has 1 aliphatic rings. The number of nitrogens with one attached hydrogen (secondary N) is 1. The maximum Gasteiger partial charge on any atom is 0.0213 e. The molecule has 0 aromatic rings. The van der Waals surface area contributed by atoms with Crippen molar-refractivity contribution in [2.24, 2.45) is 11.8 Å². The molecule has 2 atom stereocenters. The van der Waals surface area contributed by atoms with E-state index in [9.17, 15) is 0 Å². The number of nitrogens with two attached hydrogens (primary N) is 1. The average Bonchev–Trinajstić information content (AvgIpc) is 2.14. The fraction of sp³-hybridized carbons (Fsp3) is 1.00. The SMILES string of the molecule is CC1CCC(NN)C1.Cl.Cl. The lowest BCUT2D eigenvalue weighted by Crippen LogP contribution is -2.32. The van der Waals surface area contributed by atoms with Crippen LogP contribution in [0.1, 0.15) is 26.2 Å². The zero-order chi connectivity index (χ0) is 5.98. The van der Waals surface area contributed by atoms with Gasteiger partial charge in [0.15, 0.2) is 0 Å². The molecule has 2 nitrogen and oxygen atoms in total. The summed E-state index contributed by atoms with van der Waals surface area (Å²) in [7, 11) is 0. The van der Waals surface area contributed by atoms with Gasteiger partial charge in [0.05, 0.1) is 0 Å². The molecule has 1 fully saturated rings. The largest absolute Gasteiger partial charge is 0.271 e. The Morgan fingerprint density at radius 3 is 2.10 bits per heavy atom. The summed E-state index contributed by atoms with van der Waals surface area (Å²) in [6.07, 6.45) is 3.86. The number of rotatable bonds is 1. The van der Waals surface area contributed by atoms with E-state index in [2.05, 4.69) is 12.3 Å². The van der Waals surface area contributed by atoms with Crippen LogP contribution < -0.4 is 11.3 Å². The highest BCUT2D eigenvalue weighted by molar-refractivity contribution is 5.85. The maximum atomic E-state index is 5.25. The van der Waals surface area contributed by atoms with Crippen LogP contribution in [-0.4, -0.2) is 6.04 Å². The van der Waals surface area contributed by atoms with Crippen molar-refractivity contribution in [2.45, 2.75) is 32.2 Å². The first-order chi connectivity index (χ1) is 3.83. The highest BCUT2D eigenvalue weighted by Crippen LogP contribution is 2.23. The molecule has 0 radical (unpaired) electrons. The first-order valence-corrected chi connectivity index (χ1v) is 3.29. The number of hydrogen-bond donors (Lipinski definition) is 2. The summed E-state index contributed by atoms with van der Waals surface area (Å²) < 4.78 is 0. The second-order valence-electron chi connectivity index (χ2n) is 2.78. The second kappa shape index (κ2) is 6.23. The van der Waals surface area contributed by atoms with Crippen molar-refractivity contribution in [3.63, 3.8) is 0 Å². The van der Waals surface area contributed by atoms with E-state index in [0.29, 0.717) is 6.04 Å². The highest BCUT2D eigenvalue weighted by Gasteiger charge is 2.18. The van der Waals surface area contributed by atoms with Crippen LogP contribution in [0.4, 0.5) is 0 Å². The molecule has 0 aliphatic heterocycles. The summed E-state index contributed by atoms with van der Waals surface area (Å²) in [5, 5.41) is 0. The van der Waals surface area contributed by atoms with Gasteiger partial charge in [0, 0.05) is 6.04 Å². The van der Waals surface area contributed by atoms with Crippen LogP contribution in [0.3, 0.4) is 0 Å². The predicted molar refractivity (Wildman–Crippen MR) is 48.6 cm³/mol. The molecule has 64 valence electrons. The molecule has 10 heavy (non-hydrogen) atoms. The molecule has 0 aromatic heterocycles. The summed E-state index contributed by atoms with van der Waals surface area (Å²) in [6, 6.07) is 0.602. The molecule has 0 heterocycles. The molecular formula is C6H16Cl2N2. The van der Waals surface area contributed by atoms with Crippen molar-refractivity contribution in [2.75, 3.05) is 0 Å². The van der Waals surface area contributed by atoms with Crippen LogP contribution in [-0.2, 0) is 0 Å². The summed E-state index contributed by atoms with van der Waals surface area (Å²) in [6.45, 7) is 2.28. The summed E-state index contributed by atoms with van der Waals surface area (Å²) in [4.78, 5) is 0. The van der Waals surface area contributed by atoms with Gasteiger partial charge in [-0.25, -0.2) is 0 Å². The summed E-state index contributed by atoms with van der Waals surface area (Å²) >= 11 is 0. The zero-order valence-electron chi connectivity index (χ0n) is 6.17. The van der Waals surface area contributed by atoms with E-state index >= 15 is 0 Å². The lowest BCUT2D eigenvalue weighted by atomic mass is 10.1. The Morgan fingerprint density at radius 1 is 1.30 bits per heavy atom. The molecular weight excluding hydrogens is 171 g/mol. The molecule has 0 spiro atoms. The molecule has 1 saturated carbocycles. The molecule has 0 bridgehead atoms. The molecule has 3 N–H and O–H groups in total. The quantitative estimate of drug-likeness (QED) is 0.482. The third kappa shape index (κ3) is 3.62. The van der Waals surface area contributed by atoms with Gasteiger partial charge >= 0.3 is 0 Å². The van der Waals surface area contributed by atoms with Gasteiger partial charge in [0.1, 0.15) is 0 Å². The van der Waals surface area contributed by atoms with E-state index < -0.39 is 0 Å². The lowest BCUT2D eigenvalue weighted by molar-refractivity contribution is 0.517. The van der Waals surface area contributed by atoms with Crippen LogP contribution >= 0.6 is 24.8 Å². The average molecular weight is 187 g/mol. The molecule has 0 amide bonds. The lowest BCUT2D eigenvalue weighted by Gasteiger charge is -2.04. The van der Waals surface area contributed by atoms with Crippen molar-refractivity contribution in [1.29, 1.82) is 0 Å². The third-order valence-electron chi connectivity index (χ3n) is 1.93. The molecule has 1 aliphatic carbocycles. The van der Waals surface area contributed by atoms with Crippen LogP contribution in [0.15, 0.2) is 0 Å². The standard InChI is InChI=1S/C6H14N2.2ClH/c1-5-2-3-6(4-5)8-7;;/h5-6,8H,2-4,7H2,1H3;2*1H. The van der Waals surface area contributed by atoms with E-state index in [1.54, 1.807) is 0 Å². The predicted octanol–water partition coefficient (Wildman–Crippen LogP) is 1.48. The molecule has 0 aromatic carbocycles. The smallest absolute Gasteiger partial charge is 0.0213 e. The zero-order valence-corrected chi connectivity index (χ0v) is 7.80. The van der Waals surface area contributed by atoms with Crippen molar-refractivity contribution >= 4 is 24.8 Å². The fourth-order valence-electron chi connectivity index (χ4n) is 1.36. The highest BCUT2D eigenvalue weighted by atomic mass is 35.5. The third-order valence-corrected chi connectivity index (χ3v) is 1.93. The van der Waals surface area contributed by atoms with Gasteiger partial charge in [-0.05, 0) is 25.2 Å². The first-order valence-electron chi connectivity index (χ1n) is 3.29. The van der Waals surface area contributed by atoms with Gasteiger partial charge in [0.2, 0.25) is 0 Å². The van der Waals surface area contributed by atoms with E-state index in [0.717, 1.165) is 5.92 Å². The molecule has 0 saturated heterocycles. The van der Waals surface area contributed by atoms with E-state index in [-0.39, 0.29) is 24.8 Å². The van der Waals surface area contributed by atoms with Crippen molar-refractivity contribution in [3.8, 4) is 0 Å². The number of hydrogen-bond acceptors (Lipinski definition) is 2. The van der Waals surface area contributed by atoms with E-state index in [4.69, 9.17) is 5.84 Å². The molecule has 2 unspecified atom stereocenters. The van der Waals surface area contributed by atoms with Crippen molar-refractivity contribution in [1.82, 2.24) is 5.43 Å². The van der Waals surface area contributed by atoms with E-state index in [1.807, 2.05) is 0 Å². The van der Waals surface area contributed by atoms with Gasteiger partial charge in [-0.3, -0.25) is 11.3 Å². The minimum Gasteiger partial charge on any atom is -0.271 e. The van der Waals surface area contributed by atoms with Gasteiger partial charge < -0.3 is 0 Å². The fourth-order valence-corrected chi connectivity index (χ4v) is 1.36. The van der Waals surface area contributed by atoms with Gasteiger partial charge in [-0.15, -0.1) is 24.8 Å². The monoisotopic (exact) mass is 186 g/mol. The Labute approximate surface area is 74.7 Å². The summed E-state index contributed by atoms with van der Waals surface area (Å²) in [5.74, 6) is 6.13. The number of hydrazine groups is 1. The van der Waals surface area contributed by atoms with Gasteiger partial charge in [-0.1, -0.05) is 6.92 Å². The second-order valence-corrected chi connectivity index (χ2v) is 2.78. The van der Waals surface area contributed by atoms with Crippen molar-refractivity contribution < 1.29 is 0 Å². The van der Waals surface area contributed by atoms with Gasteiger partial charge in [0.25, 0.3) is 0 Å². The first kappa shape index (κ1) is 13.1. The topological polar surface area (TPSA) is 38.0 Å². The summed E-state index contributed by atoms with van der Waals surface area (Å²) in [5.41, 5.74) is 2.79. The molecule has 1 rings (SSSR count). The normalized spacial score (nSPS) is 30.6.